The molecule has 2 rings (SSSR count). The van der Waals surface area contributed by atoms with Crippen LogP contribution in [0.2, 0.25) is 0 Å². The van der Waals surface area contributed by atoms with Gasteiger partial charge in [-0.2, -0.15) is 0 Å². The third kappa shape index (κ3) is 2.76. The van der Waals surface area contributed by atoms with E-state index in [-0.39, 0.29) is 5.69 Å². The van der Waals surface area contributed by atoms with Crippen LogP contribution in [0.15, 0.2) is 36.7 Å². The van der Waals surface area contributed by atoms with Crippen molar-refractivity contribution in [2.45, 2.75) is 6.54 Å². The molecule has 0 bridgehead atoms. The van der Waals surface area contributed by atoms with Crippen molar-refractivity contribution in [3.05, 3.63) is 58.0 Å². The molecule has 0 saturated heterocycles. The fraction of sp³-hybridized carbons (Fsp3) is 0.167. The minimum absolute atomic E-state index is 0.0547. The molecule has 1 N–H and O–H groups in total. The molecule has 0 radical (unpaired) electrons. The van der Waals surface area contributed by atoms with Crippen molar-refractivity contribution in [3.63, 3.8) is 0 Å². The van der Waals surface area contributed by atoms with E-state index in [1.807, 2.05) is 30.3 Å². The number of carbonyl (C=O) groups excluding carboxylic acids is 1. The lowest BCUT2D eigenvalue weighted by Gasteiger charge is -2.05. The van der Waals surface area contributed by atoms with Gasteiger partial charge >= 0.3 is 5.82 Å². The fourth-order valence-corrected chi connectivity index (χ4v) is 1.68. The minimum Gasteiger partial charge on any atom is -0.358 e. The van der Waals surface area contributed by atoms with Gasteiger partial charge in [0.1, 0.15) is 0 Å². The quantitative estimate of drug-likeness (QED) is 0.661. The lowest BCUT2D eigenvalue weighted by atomic mass is 10.2. The number of hydrogen-bond acceptors (Lipinski definition) is 4. The van der Waals surface area contributed by atoms with E-state index >= 15 is 0 Å². The Hall–Kier alpha value is -2.70. The van der Waals surface area contributed by atoms with Crippen LogP contribution in [0.1, 0.15) is 16.1 Å². The first kappa shape index (κ1) is 12.7. The molecule has 0 saturated carbocycles. The van der Waals surface area contributed by atoms with Gasteiger partial charge in [0.2, 0.25) is 12.0 Å². The number of hydrogen-bond donors (Lipinski definition) is 1. The molecule has 1 amide bonds. The van der Waals surface area contributed by atoms with Crippen molar-refractivity contribution in [1.82, 2.24) is 14.9 Å². The summed E-state index contributed by atoms with van der Waals surface area (Å²) in [5.41, 5.74) is 0.863. The zero-order valence-electron chi connectivity index (χ0n) is 10.2. The number of nitrogens with one attached hydrogen (secondary N) is 1. The highest BCUT2D eigenvalue weighted by Gasteiger charge is 2.25. The van der Waals surface area contributed by atoms with Crippen LogP contribution in [0.3, 0.4) is 0 Å². The Morgan fingerprint density at radius 3 is 2.74 bits per heavy atom. The van der Waals surface area contributed by atoms with Gasteiger partial charge in [0.15, 0.2) is 0 Å². The number of rotatable bonds is 4. The molecule has 0 aliphatic carbocycles. The van der Waals surface area contributed by atoms with Crippen molar-refractivity contribution in [3.8, 4) is 0 Å². The third-order valence-electron chi connectivity index (χ3n) is 2.60. The summed E-state index contributed by atoms with van der Waals surface area (Å²) in [5, 5.41) is 13.4. The zero-order chi connectivity index (χ0) is 13.8. The average molecular weight is 260 g/mol. The molecular weight excluding hydrogens is 248 g/mol. The lowest BCUT2D eigenvalue weighted by molar-refractivity contribution is -0.389. The first-order chi connectivity index (χ1) is 9.09. The van der Waals surface area contributed by atoms with Gasteiger partial charge in [-0.05, 0) is 15.5 Å². The predicted octanol–water partition coefficient (Wildman–Crippen LogP) is 1.26. The largest absolute Gasteiger partial charge is 0.394 e. The summed E-state index contributed by atoms with van der Waals surface area (Å²) in [6.07, 6.45) is 1.25. The monoisotopic (exact) mass is 260 g/mol. The van der Waals surface area contributed by atoms with E-state index in [0.29, 0.717) is 6.54 Å². The summed E-state index contributed by atoms with van der Waals surface area (Å²) in [6.45, 7) is 0.308. The number of nitrogens with zero attached hydrogens (tertiary/aromatic N) is 3. The molecule has 1 aromatic heterocycles. The first-order valence-corrected chi connectivity index (χ1v) is 5.57. The van der Waals surface area contributed by atoms with Crippen molar-refractivity contribution in [2.75, 3.05) is 0 Å². The van der Waals surface area contributed by atoms with Crippen LogP contribution in [0.4, 0.5) is 5.82 Å². The normalized spacial score (nSPS) is 10.2. The maximum atomic E-state index is 11.9. The molecule has 2 aromatic rings. The zero-order valence-corrected chi connectivity index (χ0v) is 10.2. The van der Waals surface area contributed by atoms with Crippen molar-refractivity contribution >= 4 is 11.7 Å². The highest BCUT2D eigenvalue weighted by Crippen LogP contribution is 2.14. The summed E-state index contributed by atoms with van der Waals surface area (Å²) in [7, 11) is 1.54. The van der Waals surface area contributed by atoms with Crippen molar-refractivity contribution in [1.29, 1.82) is 0 Å². The van der Waals surface area contributed by atoms with Gasteiger partial charge in [-0.1, -0.05) is 30.3 Å². The van der Waals surface area contributed by atoms with Crippen LogP contribution in [0.25, 0.3) is 0 Å². The Morgan fingerprint density at radius 2 is 2.11 bits per heavy atom. The van der Waals surface area contributed by atoms with Crippen LogP contribution in [0.5, 0.6) is 0 Å². The summed E-state index contributed by atoms with van der Waals surface area (Å²) in [4.78, 5) is 25.6. The summed E-state index contributed by atoms with van der Waals surface area (Å²) in [5.74, 6) is -0.955. The number of aromatic nitrogens is 2. The molecular formula is C12H12N4O3. The van der Waals surface area contributed by atoms with Crippen LogP contribution >= 0.6 is 0 Å². The van der Waals surface area contributed by atoms with Gasteiger partial charge < -0.3 is 20.0 Å². The van der Waals surface area contributed by atoms with Crippen molar-refractivity contribution in [2.24, 2.45) is 7.05 Å². The Labute approximate surface area is 109 Å². The van der Waals surface area contributed by atoms with Gasteiger partial charge in [0.05, 0.1) is 0 Å². The SMILES string of the molecule is Cn1cnc([N+](=O)[O-])c1C(=O)NCc1ccccc1. The van der Waals surface area contributed by atoms with Crippen LogP contribution < -0.4 is 5.32 Å². The molecule has 98 valence electrons. The second-order valence-corrected chi connectivity index (χ2v) is 3.95. The molecule has 1 heterocycles. The lowest BCUT2D eigenvalue weighted by Crippen LogP contribution is -2.25. The van der Waals surface area contributed by atoms with E-state index in [1.54, 1.807) is 0 Å². The first-order valence-electron chi connectivity index (χ1n) is 5.57. The summed E-state index contributed by atoms with van der Waals surface area (Å²) >= 11 is 0. The predicted molar refractivity (Wildman–Crippen MR) is 67.5 cm³/mol. The second kappa shape index (κ2) is 5.30. The molecule has 0 aliphatic heterocycles. The molecule has 0 atom stereocenters. The maximum absolute atomic E-state index is 11.9. The number of carbonyl (C=O) groups is 1. The number of amides is 1. The van der Waals surface area contributed by atoms with Crippen LogP contribution in [0, 0.1) is 10.1 Å². The Balaban J connectivity index is 2.12. The van der Waals surface area contributed by atoms with Gasteiger partial charge in [-0.25, -0.2) is 0 Å². The minimum atomic E-state index is -0.669. The molecule has 7 nitrogen and oxygen atoms in total. The maximum Gasteiger partial charge on any atom is 0.394 e. The third-order valence-corrected chi connectivity index (χ3v) is 2.60. The summed E-state index contributed by atoms with van der Waals surface area (Å²) in [6, 6.07) is 9.30. The number of imidazole rings is 1. The number of benzene rings is 1. The number of nitro groups is 1. The Bertz CT molecular complexity index is 607. The highest BCUT2D eigenvalue weighted by molar-refractivity contribution is 5.95. The van der Waals surface area contributed by atoms with E-state index < -0.39 is 16.6 Å². The van der Waals surface area contributed by atoms with Gasteiger partial charge in [0, 0.05) is 13.6 Å². The van der Waals surface area contributed by atoms with E-state index in [1.165, 1.54) is 17.9 Å². The highest BCUT2D eigenvalue weighted by atomic mass is 16.6. The topological polar surface area (TPSA) is 90.1 Å². The van der Waals surface area contributed by atoms with Crippen LogP contribution in [-0.4, -0.2) is 20.4 Å². The van der Waals surface area contributed by atoms with E-state index in [9.17, 15) is 14.9 Å². The molecule has 0 aliphatic rings. The van der Waals surface area contributed by atoms with Crippen molar-refractivity contribution < 1.29 is 9.72 Å². The molecule has 1 aromatic carbocycles. The second-order valence-electron chi connectivity index (χ2n) is 3.95. The molecule has 0 spiro atoms. The Morgan fingerprint density at radius 1 is 1.42 bits per heavy atom. The molecule has 7 heteroatoms. The summed E-state index contributed by atoms with van der Waals surface area (Å²) < 4.78 is 1.33. The fourth-order valence-electron chi connectivity index (χ4n) is 1.68. The number of aryl methyl sites for hydroxylation is 1. The van der Waals surface area contributed by atoms with E-state index in [4.69, 9.17) is 0 Å². The Kier molecular flexibility index (Phi) is 3.56. The van der Waals surface area contributed by atoms with Gasteiger partial charge in [0.25, 0.3) is 5.91 Å². The van der Waals surface area contributed by atoms with Gasteiger partial charge in [-0.15, -0.1) is 0 Å². The molecule has 0 fully saturated rings. The van der Waals surface area contributed by atoms with E-state index in [0.717, 1.165) is 5.56 Å². The smallest absolute Gasteiger partial charge is 0.358 e. The standard InChI is InChI=1S/C12H12N4O3/c1-15-8-14-11(16(18)19)10(15)12(17)13-7-9-5-3-2-4-6-9/h2-6,8H,7H2,1H3,(H,13,17). The molecule has 19 heavy (non-hydrogen) atoms. The van der Waals surface area contributed by atoms with E-state index in [2.05, 4.69) is 10.3 Å². The van der Waals surface area contributed by atoms with Gasteiger partial charge in [-0.3, -0.25) is 4.79 Å². The average Bonchev–Trinajstić information content (AvgIpc) is 2.79. The van der Waals surface area contributed by atoms with Crippen LogP contribution in [-0.2, 0) is 13.6 Å². The molecule has 0 unspecified atom stereocenters.